The first-order valence-corrected chi connectivity index (χ1v) is 10.3. The topological polar surface area (TPSA) is 97.6 Å². The molecule has 7 heteroatoms. The summed E-state index contributed by atoms with van der Waals surface area (Å²) in [6.07, 6.45) is 1.53. The van der Waals surface area contributed by atoms with E-state index in [-0.39, 0.29) is 6.42 Å². The van der Waals surface area contributed by atoms with Crippen LogP contribution in [0.15, 0.2) is 53.9 Å². The fourth-order valence-electron chi connectivity index (χ4n) is 4.29. The van der Waals surface area contributed by atoms with Gasteiger partial charge in [0.15, 0.2) is 0 Å². The number of carboxylic acid groups (broad SMARTS) is 1. The number of carbonyl (C=O) groups is 1. The van der Waals surface area contributed by atoms with Gasteiger partial charge in [0.25, 0.3) is 0 Å². The molecule has 31 heavy (non-hydrogen) atoms. The second kappa shape index (κ2) is 8.32. The minimum Gasteiger partial charge on any atom is -0.497 e. The summed E-state index contributed by atoms with van der Waals surface area (Å²) in [5, 5.41) is 18.9. The third-order valence-electron chi connectivity index (χ3n) is 6.17. The van der Waals surface area contributed by atoms with E-state index < -0.39 is 11.5 Å². The summed E-state index contributed by atoms with van der Waals surface area (Å²) < 4.78 is 5.25. The second-order valence-corrected chi connectivity index (χ2v) is 8.11. The van der Waals surface area contributed by atoms with E-state index in [0.717, 1.165) is 35.7 Å². The predicted octanol–water partition coefficient (Wildman–Crippen LogP) is 2.83. The van der Waals surface area contributed by atoms with Crippen LogP contribution in [0.2, 0.25) is 0 Å². The summed E-state index contributed by atoms with van der Waals surface area (Å²) in [6, 6.07) is 16.4. The van der Waals surface area contributed by atoms with Gasteiger partial charge in [-0.1, -0.05) is 30.3 Å². The Balaban J connectivity index is 1.57. The van der Waals surface area contributed by atoms with Gasteiger partial charge in [-0.3, -0.25) is 4.79 Å². The highest BCUT2D eigenvalue weighted by atomic mass is 16.5. The summed E-state index contributed by atoms with van der Waals surface area (Å²) in [5.74, 6) is 0.803. The standard InChI is InChI=1S/C24H26N4O3/c1-24(19-6-8-20(31-2)9-7-19)21(14-25)23(26-27-24)28-12-11-17-13-16(4-10-22(29)30)3-5-18(17)15-28/h3,5-9,13,26-27H,4,10-12,15H2,1-2H3,(H,29,30). The van der Waals surface area contributed by atoms with Crippen LogP contribution < -0.4 is 15.6 Å². The van der Waals surface area contributed by atoms with E-state index >= 15 is 0 Å². The monoisotopic (exact) mass is 418 g/mol. The largest absolute Gasteiger partial charge is 0.497 e. The molecule has 2 heterocycles. The molecule has 1 unspecified atom stereocenters. The van der Waals surface area contributed by atoms with Crippen LogP contribution in [0.1, 0.15) is 35.6 Å². The number of rotatable bonds is 6. The lowest BCUT2D eigenvalue weighted by atomic mass is 9.86. The molecule has 160 valence electrons. The number of hydrazine groups is 1. The van der Waals surface area contributed by atoms with Gasteiger partial charge in [-0.15, -0.1) is 0 Å². The average molecular weight is 418 g/mol. The van der Waals surface area contributed by atoms with Gasteiger partial charge in [0.05, 0.1) is 18.2 Å². The Morgan fingerprint density at radius 2 is 2.03 bits per heavy atom. The quantitative estimate of drug-likeness (QED) is 0.664. The molecule has 0 saturated heterocycles. The van der Waals surface area contributed by atoms with Crippen LogP contribution in [0.3, 0.4) is 0 Å². The predicted molar refractivity (Wildman–Crippen MR) is 116 cm³/mol. The van der Waals surface area contributed by atoms with E-state index in [0.29, 0.717) is 18.5 Å². The summed E-state index contributed by atoms with van der Waals surface area (Å²) in [5.41, 5.74) is 11.1. The van der Waals surface area contributed by atoms with E-state index in [2.05, 4.69) is 34.0 Å². The van der Waals surface area contributed by atoms with Crippen LogP contribution in [0, 0.1) is 11.3 Å². The van der Waals surface area contributed by atoms with Crippen molar-refractivity contribution in [2.45, 2.75) is 38.3 Å². The van der Waals surface area contributed by atoms with E-state index in [1.54, 1.807) is 7.11 Å². The van der Waals surface area contributed by atoms with Gasteiger partial charge in [0.1, 0.15) is 17.6 Å². The smallest absolute Gasteiger partial charge is 0.303 e. The number of carboxylic acids is 1. The molecule has 2 aromatic carbocycles. The van der Waals surface area contributed by atoms with Crippen LogP contribution in [-0.2, 0) is 29.7 Å². The van der Waals surface area contributed by atoms with Crippen LogP contribution in [0.25, 0.3) is 0 Å². The van der Waals surface area contributed by atoms with Crippen LogP contribution in [-0.4, -0.2) is 29.6 Å². The number of hydrogen-bond donors (Lipinski definition) is 3. The number of nitrogens with zero attached hydrogens (tertiary/aromatic N) is 2. The van der Waals surface area contributed by atoms with Gasteiger partial charge in [-0.05, 0) is 54.2 Å². The van der Waals surface area contributed by atoms with Crippen molar-refractivity contribution in [2.24, 2.45) is 0 Å². The van der Waals surface area contributed by atoms with E-state index in [9.17, 15) is 10.1 Å². The van der Waals surface area contributed by atoms with Gasteiger partial charge >= 0.3 is 5.97 Å². The third kappa shape index (κ3) is 3.94. The van der Waals surface area contributed by atoms with Gasteiger partial charge in [0.2, 0.25) is 0 Å². The first-order chi connectivity index (χ1) is 14.9. The number of benzene rings is 2. The highest BCUT2D eigenvalue weighted by Gasteiger charge is 2.41. The van der Waals surface area contributed by atoms with Crippen LogP contribution in [0.5, 0.6) is 5.75 Å². The minimum atomic E-state index is -0.778. The fourth-order valence-corrected chi connectivity index (χ4v) is 4.29. The number of nitrogens with one attached hydrogen (secondary N) is 2. The van der Waals surface area contributed by atoms with Gasteiger partial charge in [0, 0.05) is 19.5 Å². The second-order valence-electron chi connectivity index (χ2n) is 8.11. The summed E-state index contributed by atoms with van der Waals surface area (Å²) in [4.78, 5) is 13.0. The molecule has 0 fully saturated rings. The zero-order valence-corrected chi connectivity index (χ0v) is 17.7. The Morgan fingerprint density at radius 3 is 2.71 bits per heavy atom. The molecule has 0 radical (unpaired) electrons. The normalized spacial score (nSPS) is 20.1. The molecular weight excluding hydrogens is 392 g/mol. The van der Waals surface area contributed by atoms with Crippen molar-refractivity contribution in [3.05, 3.63) is 76.1 Å². The van der Waals surface area contributed by atoms with Crippen molar-refractivity contribution in [1.29, 1.82) is 5.26 Å². The Bertz CT molecular complexity index is 1070. The van der Waals surface area contributed by atoms with Gasteiger partial charge in [-0.25, -0.2) is 5.43 Å². The number of methoxy groups -OCH3 is 1. The van der Waals surface area contributed by atoms with E-state index in [1.807, 2.05) is 37.3 Å². The molecular formula is C24H26N4O3. The summed E-state index contributed by atoms with van der Waals surface area (Å²) in [6.45, 7) is 3.48. The molecule has 1 atom stereocenters. The number of nitriles is 1. The maximum Gasteiger partial charge on any atom is 0.303 e. The Morgan fingerprint density at radius 1 is 1.26 bits per heavy atom. The summed E-state index contributed by atoms with van der Waals surface area (Å²) in [7, 11) is 1.63. The van der Waals surface area contributed by atoms with Crippen molar-refractivity contribution in [3.8, 4) is 11.8 Å². The molecule has 0 spiro atoms. The number of fused-ring (bicyclic) bond motifs is 1. The van der Waals surface area contributed by atoms with Crippen molar-refractivity contribution in [1.82, 2.24) is 15.8 Å². The maximum absolute atomic E-state index is 10.8. The molecule has 2 aliphatic rings. The Hall–Kier alpha value is -3.50. The van der Waals surface area contributed by atoms with Gasteiger partial charge in [-0.2, -0.15) is 5.26 Å². The third-order valence-corrected chi connectivity index (χ3v) is 6.17. The first kappa shape index (κ1) is 20.8. The maximum atomic E-state index is 10.8. The number of aryl methyl sites for hydroxylation is 1. The highest BCUT2D eigenvalue weighted by molar-refractivity contribution is 5.67. The average Bonchev–Trinajstić information content (AvgIpc) is 3.14. The molecule has 4 rings (SSSR count). The Kier molecular flexibility index (Phi) is 5.57. The fraction of sp³-hybridized carbons (Fsp3) is 0.333. The summed E-state index contributed by atoms with van der Waals surface area (Å²) >= 11 is 0. The number of hydrogen-bond acceptors (Lipinski definition) is 6. The van der Waals surface area contributed by atoms with E-state index in [4.69, 9.17) is 9.84 Å². The lowest BCUT2D eigenvalue weighted by Gasteiger charge is -2.31. The Labute approximate surface area is 181 Å². The molecule has 0 amide bonds. The molecule has 2 aliphatic heterocycles. The van der Waals surface area contributed by atoms with Crippen LogP contribution >= 0.6 is 0 Å². The lowest BCUT2D eigenvalue weighted by molar-refractivity contribution is -0.136. The van der Waals surface area contributed by atoms with Crippen LogP contribution in [0.4, 0.5) is 0 Å². The molecule has 7 nitrogen and oxygen atoms in total. The molecule has 0 aromatic heterocycles. The highest BCUT2D eigenvalue weighted by Crippen LogP contribution is 2.36. The minimum absolute atomic E-state index is 0.142. The SMILES string of the molecule is COc1ccc(C2(C)NNC(N3CCc4cc(CCC(=O)O)ccc4C3)=C2C#N)cc1. The zero-order chi connectivity index (χ0) is 22.0. The molecule has 0 bridgehead atoms. The number of aliphatic carboxylic acids is 1. The molecule has 0 aliphatic carbocycles. The van der Waals surface area contributed by atoms with Crippen molar-refractivity contribution >= 4 is 5.97 Å². The van der Waals surface area contributed by atoms with Crippen molar-refractivity contribution < 1.29 is 14.6 Å². The zero-order valence-electron chi connectivity index (χ0n) is 17.7. The lowest BCUT2D eigenvalue weighted by Crippen LogP contribution is -2.43. The molecule has 3 N–H and O–H groups in total. The first-order valence-electron chi connectivity index (χ1n) is 10.3. The van der Waals surface area contributed by atoms with Gasteiger partial charge < -0.3 is 20.2 Å². The van der Waals surface area contributed by atoms with E-state index in [1.165, 1.54) is 11.1 Å². The van der Waals surface area contributed by atoms with Crippen molar-refractivity contribution in [2.75, 3.05) is 13.7 Å². The number of ether oxygens (including phenoxy) is 1. The van der Waals surface area contributed by atoms with Crippen molar-refractivity contribution in [3.63, 3.8) is 0 Å². The molecule has 0 saturated carbocycles. The molecule has 2 aromatic rings.